The highest BCUT2D eigenvalue weighted by atomic mass is 16.3. The minimum absolute atomic E-state index is 0.183. The van der Waals surface area contributed by atoms with Crippen LogP contribution in [-0.2, 0) is 13.0 Å². The molecule has 2 rings (SSSR count). The zero-order valence-corrected chi connectivity index (χ0v) is 11.3. The molecule has 0 spiro atoms. The number of aromatic nitrogens is 2. The molecule has 2 N–H and O–H groups in total. The normalized spacial score (nSPS) is 16.1. The van der Waals surface area contributed by atoms with Crippen LogP contribution in [0.1, 0.15) is 31.7 Å². The average Bonchev–Trinajstić information content (AvgIpc) is 2.86. The summed E-state index contributed by atoms with van der Waals surface area (Å²) < 4.78 is 1.26. The molecule has 6 nitrogen and oxygen atoms in total. The first-order chi connectivity index (χ1) is 9.13. The lowest BCUT2D eigenvalue weighted by atomic mass is 10.2. The molecule has 0 radical (unpaired) electrons. The van der Waals surface area contributed by atoms with Crippen LogP contribution in [0.3, 0.4) is 0 Å². The van der Waals surface area contributed by atoms with Crippen LogP contribution >= 0.6 is 0 Å². The Hall–Kier alpha value is -1.56. The zero-order valence-electron chi connectivity index (χ0n) is 11.3. The summed E-state index contributed by atoms with van der Waals surface area (Å²) in [5.41, 5.74) is -0.734. The van der Waals surface area contributed by atoms with Crippen molar-refractivity contribution < 1.29 is 5.11 Å². The van der Waals surface area contributed by atoms with Crippen molar-refractivity contribution in [1.29, 1.82) is 0 Å². The van der Waals surface area contributed by atoms with E-state index in [4.69, 9.17) is 0 Å². The molecule has 1 aromatic heterocycles. The standard InChI is InChI=1S/C13H21N3O3/c1-2-10-11(17)14-13(19)16(12(10)18)9-5-8-15-6-3-4-7-15/h18H,2-9H2,1H3,(H,14,17,19). The highest BCUT2D eigenvalue weighted by Gasteiger charge is 2.14. The van der Waals surface area contributed by atoms with Gasteiger partial charge in [-0.3, -0.25) is 14.3 Å². The van der Waals surface area contributed by atoms with Gasteiger partial charge in [0.05, 0.1) is 5.56 Å². The van der Waals surface area contributed by atoms with E-state index in [2.05, 4.69) is 9.88 Å². The van der Waals surface area contributed by atoms with Gasteiger partial charge < -0.3 is 10.0 Å². The van der Waals surface area contributed by atoms with Crippen LogP contribution in [0.4, 0.5) is 0 Å². The molecule has 0 unspecified atom stereocenters. The molecule has 0 amide bonds. The van der Waals surface area contributed by atoms with Crippen LogP contribution in [0.25, 0.3) is 0 Å². The Morgan fingerprint density at radius 1 is 1.21 bits per heavy atom. The predicted molar refractivity (Wildman–Crippen MR) is 72.7 cm³/mol. The first-order valence-corrected chi connectivity index (χ1v) is 6.90. The van der Waals surface area contributed by atoms with Crippen molar-refractivity contribution in [3.8, 4) is 5.88 Å². The lowest BCUT2D eigenvalue weighted by Gasteiger charge is -2.15. The van der Waals surface area contributed by atoms with E-state index in [0.717, 1.165) is 26.1 Å². The maximum absolute atomic E-state index is 11.7. The van der Waals surface area contributed by atoms with Gasteiger partial charge in [-0.1, -0.05) is 6.92 Å². The second-order valence-electron chi connectivity index (χ2n) is 4.97. The molecule has 106 valence electrons. The average molecular weight is 267 g/mol. The summed E-state index contributed by atoms with van der Waals surface area (Å²) in [5, 5.41) is 9.97. The highest BCUT2D eigenvalue weighted by molar-refractivity contribution is 5.22. The number of aromatic hydroxyl groups is 1. The van der Waals surface area contributed by atoms with Crippen molar-refractivity contribution in [2.45, 2.75) is 39.2 Å². The van der Waals surface area contributed by atoms with Crippen molar-refractivity contribution in [2.24, 2.45) is 0 Å². The molecular weight excluding hydrogens is 246 g/mol. The van der Waals surface area contributed by atoms with Gasteiger partial charge in [-0.05, 0) is 45.3 Å². The van der Waals surface area contributed by atoms with Crippen LogP contribution in [0.5, 0.6) is 5.88 Å². The third-order valence-electron chi connectivity index (χ3n) is 3.67. The first kappa shape index (κ1) is 13.9. The van der Waals surface area contributed by atoms with Gasteiger partial charge in [-0.25, -0.2) is 4.79 Å². The van der Waals surface area contributed by atoms with Crippen LogP contribution in [-0.4, -0.2) is 39.2 Å². The van der Waals surface area contributed by atoms with E-state index in [1.165, 1.54) is 17.4 Å². The van der Waals surface area contributed by atoms with Crippen LogP contribution in [0, 0.1) is 0 Å². The van der Waals surface area contributed by atoms with Crippen molar-refractivity contribution in [3.63, 3.8) is 0 Å². The van der Waals surface area contributed by atoms with E-state index in [1.54, 1.807) is 6.92 Å². The van der Waals surface area contributed by atoms with Gasteiger partial charge in [0.15, 0.2) is 0 Å². The maximum atomic E-state index is 11.7. The summed E-state index contributed by atoms with van der Waals surface area (Å²) in [5.74, 6) is -0.183. The second-order valence-corrected chi connectivity index (χ2v) is 4.97. The van der Waals surface area contributed by atoms with Gasteiger partial charge in [-0.2, -0.15) is 0 Å². The van der Waals surface area contributed by atoms with Crippen LogP contribution < -0.4 is 11.2 Å². The number of aromatic amines is 1. The maximum Gasteiger partial charge on any atom is 0.331 e. The molecule has 2 heterocycles. The highest BCUT2D eigenvalue weighted by Crippen LogP contribution is 2.12. The summed E-state index contributed by atoms with van der Waals surface area (Å²) in [6.07, 6.45) is 3.68. The van der Waals surface area contributed by atoms with Gasteiger partial charge in [0.25, 0.3) is 5.56 Å². The fraction of sp³-hybridized carbons (Fsp3) is 0.692. The van der Waals surface area contributed by atoms with E-state index in [9.17, 15) is 14.7 Å². The number of likely N-dealkylation sites (tertiary alicyclic amines) is 1. The summed E-state index contributed by atoms with van der Waals surface area (Å²) in [6, 6.07) is 0. The molecule has 1 saturated heterocycles. The summed E-state index contributed by atoms with van der Waals surface area (Å²) in [6.45, 7) is 5.38. The van der Waals surface area contributed by atoms with Crippen molar-refractivity contribution >= 4 is 0 Å². The van der Waals surface area contributed by atoms with Gasteiger partial charge in [0.2, 0.25) is 5.88 Å². The van der Waals surface area contributed by atoms with E-state index in [1.807, 2.05) is 0 Å². The number of H-pyrrole nitrogens is 1. The lowest BCUT2D eigenvalue weighted by molar-refractivity contribution is 0.315. The van der Waals surface area contributed by atoms with Crippen molar-refractivity contribution in [1.82, 2.24) is 14.5 Å². The molecule has 19 heavy (non-hydrogen) atoms. The fourth-order valence-corrected chi connectivity index (χ4v) is 2.59. The summed E-state index contributed by atoms with van der Waals surface area (Å²) >= 11 is 0. The monoisotopic (exact) mass is 267 g/mol. The van der Waals surface area contributed by atoms with E-state index >= 15 is 0 Å². The Morgan fingerprint density at radius 3 is 2.53 bits per heavy atom. The minimum atomic E-state index is -0.527. The number of hydrogen-bond donors (Lipinski definition) is 2. The molecule has 1 aliphatic rings. The van der Waals surface area contributed by atoms with Crippen LogP contribution in [0.15, 0.2) is 9.59 Å². The molecule has 0 atom stereocenters. The lowest BCUT2D eigenvalue weighted by Crippen LogP contribution is -2.33. The Bertz CT molecular complexity index is 541. The molecule has 0 aliphatic carbocycles. The van der Waals surface area contributed by atoms with Crippen molar-refractivity contribution in [3.05, 3.63) is 26.4 Å². The largest absolute Gasteiger partial charge is 0.494 e. The summed E-state index contributed by atoms with van der Waals surface area (Å²) in [7, 11) is 0. The molecule has 6 heteroatoms. The van der Waals surface area contributed by atoms with Crippen LogP contribution in [0.2, 0.25) is 0 Å². The number of nitrogens with one attached hydrogen (secondary N) is 1. The predicted octanol–water partition coefficient (Wildman–Crippen LogP) is 0.290. The van der Waals surface area contributed by atoms with E-state index in [0.29, 0.717) is 13.0 Å². The number of nitrogens with zero attached hydrogens (tertiary/aromatic N) is 2. The van der Waals surface area contributed by atoms with E-state index in [-0.39, 0.29) is 11.4 Å². The Morgan fingerprint density at radius 2 is 1.89 bits per heavy atom. The molecule has 0 aromatic carbocycles. The van der Waals surface area contributed by atoms with Gasteiger partial charge in [0, 0.05) is 6.54 Å². The zero-order chi connectivity index (χ0) is 13.8. The van der Waals surface area contributed by atoms with E-state index < -0.39 is 11.2 Å². The van der Waals surface area contributed by atoms with Gasteiger partial charge in [-0.15, -0.1) is 0 Å². The third kappa shape index (κ3) is 3.07. The molecule has 1 fully saturated rings. The Kier molecular flexibility index (Phi) is 4.42. The Balaban J connectivity index is 2.07. The second kappa shape index (κ2) is 6.06. The SMILES string of the molecule is CCc1c(O)n(CCCN2CCCC2)c(=O)[nH]c1=O. The minimum Gasteiger partial charge on any atom is -0.494 e. The molecular formula is C13H21N3O3. The van der Waals surface area contributed by atoms with Crippen molar-refractivity contribution in [2.75, 3.05) is 19.6 Å². The number of rotatable bonds is 5. The molecule has 1 aromatic rings. The number of hydrogen-bond acceptors (Lipinski definition) is 4. The Labute approximate surface area is 111 Å². The molecule has 0 bridgehead atoms. The molecule has 1 aliphatic heterocycles. The summed E-state index contributed by atoms with van der Waals surface area (Å²) in [4.78, 5) is 27.8. The third-order valence-corrected chi connectivity index (χ3v) is 3.67. The van der Waals surface area contributed by atoms with Gasteiger partial charge in [0.1, 0.15) is 0 Å². The first-order valence-electron chi connectivity index (χ1n) is 6.90. The topological polar surface area (TPSA) is 78.3 Å². The fourth-order valence-electron chi connectivity index (χ4n) is 2.59. The smallest absolute Gasteiger partial charge is 0.331 e. The molecule has 0 saturated carbocycles. The quantitative estimate of drug-likeness (QED) is 0.804. The van der Waals surface area contributed by atoms with Gasteiger partial charge >= 0.3 is 5.69 Å².